The summed E-state index contributed by atoms with van der Waals surface area (Å²) in [5.41, 5.74) is 5.46. The summed E-state index contributed by atoms with van der Waals surface area (Å²) in [5, 5.41) is 19.4. The highest BCUT2D eigenvalue weighted by Crippen LogP contribution is 2.27. The highest BCUT2D eigenvalue weighted by Gasteiger charge is 2.41. The summed E-state index contributed by atoms with van der Waals surface area (Å²) in [4.78, 5) is 20.6. The van der Waals surface area contributed by atoms with Gasteiger partial charge in [-0.2, -0.15) is 18.4 Å². The SMILES string of the molecule is CC1CCC(CNNCCC2(C#N)NCCC2=O)CC1.O=C(O)C(F)(F)F. The molecular formula is C17H27F3N4O3. The van der Waals surface area contributed by atoms with Crippen LogP contribution in [-0.4, -0.2) is 48.2 Å². The Morgan fingerprint density at radius 1 is 1.33 bits per heavy atom. The highest BCUT2D eigenvalue weighted by molar-refractivity contribution is 5.93. The molecule has 1 atom stereocenters. The molecule has 0 aromatic carbocycles. The zero-order chi connectivity index (χ0) is 20.5. The summed E-state index contributed by atoms with van der Waals surface area (Å²) >= 11 is 0. The zero-order valence-electron chi connectivity index (χ0n) is 15.4. The monoisotopic (exact) mass is 392 g/mol. The van der Waals surface area contributed by atoms with Gasteiger partial charge in [0.05, 0.1) is 6.07 Å². The lowest BCUT2D eigenvalue weighted by molar-refractivity contribution is -0.192. The number of halogens is 3. The normalized spacial score (nSPS) is 28.2. The number of carboxylic acids is 1. The number of nitrogens with zero attached hydrogens (tertiary/aromatic N) is 1. The van der Waals surface area contributed by atoms with Crippen LogP contribution in [0.4, 0.5) is 13.2 Å². The largest absolute Gasteiger partial charge is 0.490 e. The molecule has 1 unspecified atom stereocenters. The Hall–Kier alpha value is -1.70. The number of hydrazine groups is 1. The number of ketones is 1. The summed E-state index contributed by atoms with van der Waals surface area (Å²) < 4.78 is 31.7. The van der Waals surface area contributed by atoms with Crippen molar-refractivity contribution in [2.24, 2.45) is 11.8 Å². The minimum Gasteiger partial charge on any atom is -0.475 e. The standard InChI is InChI=1S/C15H26N4O.C2HF3O2/c1-12-2-4-13(5-3-12)10-19-18-9-7-15(11-16)14(20)6-8-17-15;3-2(4,5)1(6)7/h12-13,17-19H,2-10H2,1H3;(H,6,7). The lowest BCUT2D eigenvalue weighted by Gasteiger charge is -2.26. The highest BCUT2D eigenvalue weighted by atomic mass is 19.4. The van der Waals surface area contributed by atoms with Crippen LogP contribution in [0, 0.1) is 23.2 Å². The first-order valence-corrected chi connectivity index (χ1v) is 9.06. The van der Waals surface area contributed by atoms with Gasteiger partial charge in [-0.25, -0.2) is 4.79 Å². The van der Waals surface area contributed by atoms with Crippen molar-refractivity contribution in [2.45, 2.75) is 57.2 Å². The number of hydrogen-bond donors (Lipinski definition) is 4. The van der Waals surface area contributed by atoms with Crippen LogP contribution < -0.4 is 16.2 Å². The molecular weight excluding hydrogens is 365 g/mol. The third kappa shape index (κ3) is 7.82. The van der Waals surface area contributed by atoms with Crippen LogP contribution in [0.25, 0.3) is 0 Å². The molecule has 1 saturated carbocycles. The van der Waals surface area contributed by atoms with Crippen molar-refractivity contribution in [3.8, 4) is 6.07 Å². The maximum absolute atomic E-state index is 11.7. The number of carboxylic acid groups (broad SMARTS) is 1. The average molecular weight is 392 g/mol. The molecule has 27 heavy (non-hydrogen) atoms. The third-order valence-corrected chi connectivity index (χ3v) is 4.96. The molecule has 1 heterocycles. The second-order valence-corrected chi connectivity index (χ2v) is 7.10. The Labute approximate surface area is 156 Å². The van der Waals surface area contributed by atoms with E-state index in [4.69, 9.17) is 9.90 Å². The molecule has 7 nitrogen and oxygen atoms in total. The number of Topliss-reactive ketones (excluding diaryl/α,β-unsaturated/α-hetero) is 1. The number of carbonyl (C=O) groups excluding carboxylic acids is 1. The molecule has 0 spiro atoms. The lowest BCUT2D eigenvalue weighted by Crippen LogP contribution is -2.48. The van der Waals surface area contributed by atoms with Crippen molar-refractivity contribution in [2.75, 3.05) is 19.6 Å². The van der Waals surface area contributed by atoms with Crippen LogP contribution in [0.3, 0.4) is 0 Å². The summed E-state index contributed by atoms with van der Waals surface area (Å²) in [6.07, 6.45) is 1.19. The molecule has 0 radical (unpaired) electrons. The lowest BCUT2D eigenvalue weighted by atomic mass is 9.83. The molecule has 154 valence electrons. The van der Waals surface area contributed by atoms with Gasteiger partial charge in [0.1, 0.15) is 0 Å². The maximum Gasteiger partial charge on any atom is 0.490 e. The van der Waals surface area contributed by atoms with Gasteiger partial charge in [-0.05, 0) is 24.7 Å². The van der Waals surface area contributed by atoms with Gasteiger partial charge in [0.15, 0.2) is 11.3 Å². The summed E-state index contributed by atoms with van der Waals surface area (Å²) in [6.45, 7) is 4.57. The van der Waals surface area contributed by atoms with Crippen molar-refractivity contribution >= 4 is 11.8 Å². The fraction of sp³-hybridized carbons (Fsp3) is 0.824. The van der Waals surface area contributed by atoms with E-state index in [9.17, 15) is 23.2 Å². The van der Waals surface area contributed by atoms with E-state index in [1.54, 1.807) is 0 Å². The van der Waals surface area contributed by atoms with Crippen LogP contribution >= 0.6 is 0 Å². The van der Waals surface area contributed by atoms with Crippen LogP contribution in [0.5, 0.6) is 0 Å². The molecule has 0 bridgehead atoms. The average Bonchev–Trinajstić information content (AvgIpc) is 2.97. The van der Waals surface area contributed by atoms with Gasteiger partial charge in [0.25, 0.3) is 0 Å². The van der Waals surface area contributed by atoms with E-state index < -0.39 is 17.7 Å². The van der Waals surface area contributed by atoms with Gasteiger partial charge >= 0.3 is 12.1 Å². The number of carbonyl (C=O) groups is 2. The smallest absolute Gasteiger partial charge is 0.475 e. The van der Waals surface area contributed by atoms with E-state index in [1.165, 1.54) is 25.7 Å². The molecule has 0 aromatic rings. The summed E-state index contributed by atoms with van der Waals surface area (Å²) in [6, 6.07) is 2.14. The molecule has 2 fully saturated rings. The first-order chi connectivity index (χ1) is 12.6. The quantitative estimate of drug-likeness (QED) is 0.402. The van der Waals surface area contributed by atoms with E-state index in [2.05, 4.69) is 29.2 Å². The Bertz CT molecular complexity index is 543. The van der Waals surface area contributed by atoms with Crippen molar-refractivity contribution < 1.29 is 27.9 Å². The van der Waals surface area contributed by atoms with E-state index in [0.717, 1.165) is 18.4 Å². The fourth-order valence-corrected chi connectivity index (χ4v) is 3.18. The Morgan fingerprint density at radius 3 is 2.37 bits per heavy atom. The molecule has 0 amide bonds. The van der Waals surface area contributed by atoms with Crippen molar-refractivity contribution in [1.82, 2.24) is 16.2 Å². The first kappa shape index (κ1) is 23.3. The van der Waals surface area contributed by atoms with Crippen molar-refractivity contribution in [1.29, 1.82) is 5.26 Å². The van der Waals surface area contributed by atoms with Gasteiger partial charge in [0.2, 0.25) is 0 Å². The van der Waals surface area contributed by atoms with Crippen LogP contribution in [-0.2, 0) is 9.59 Å². The Kier molecular flexibility index (Phi) is 9.15. The minimum absolute atomic E-state index is 0.0306. The van der Waals surface area contributed by atoms with Crippen LogP contribution in [0.2, 0.25) is 0 Å². The molecule has 1 saturated heterocycles. The fourth-order valence-electron chi connectivity index (χ4n) is 3.18. The van der Waals surface area contributed by atoms with Crippen molar-refractivity contribution in [3.63, 3.8) is 0 Å². The summed E-state index contributed by atoms with van der Waals surface area (Å²) in [7, 11) is 0. The molecule has 10 heteroatoms. The number of aliphatic carboxylic acids is 1. The predicted molar refractivity (Wildman–Crippen MR) is 91.4 cm³/mol. The molecule has 1 aliphatic carbocycles. The van der Waals surface area contributed by atoms with Gasteiger partial charge in [-0.15, -0.1) is 0 Å². The van der Waals surface area contributed by atoms with E-state index in [1.807, 2.05) is 0 Å². The molecule has 1 aliphatic heterocycles. The van der Waals surface area contributed by atoms with Crippen LogP contribution in [0.1, 0.15) is 45.4 Å². The van der Waals surface area contributed by atoms with Gasteiger partial charge < -0.3 is 5.11 Å². The Balaban J connectivity index is 0.000000445. The predicted octanol–water partition coefficient (Wildman–Crippen LogP) is 1.76. The van der Waals surface area contributed by atoms with Gasteiger partial charge in [-0.3, -0.25) is 21.0 Å². The maximum atomic E-state index is 11.7. The molecule has 2 rings (SSSR count). The number of alkyl halides is 3. The third-order valence-electron chi connectivity index (χ3n) is 4.96. The van der Waals surface area contributed by atoms with Crippen molar-refractivity contribution in [3.05, 3.63) is 0 Å². The number of nitrogens with one attached hydrogen (secondary N) is 3. The minimum atomic E-state index is -5.08. The topological polar surface area (TPSA) is 114 Å². The molecule has 4 N–H and O–H groups in total. The van der Waals surface area contributed by atoms with Gasteiger partial charge in [0, 0.05) is 32.5 Å². The zero-order valence-corrected chi connectivity index (χ0v) is 15.4. The summed E-state index contributed by atoms with van der Waals surface area (Å²) in [5.74, 6) is -1.08. The first-order valence-electron chi connectivity index (χ1n) is 9.06. The number of rotatable bonds is 6. The van der Waals surface area contributed by atoms with E-state index in [0.29, 0.717) is 25.9 Å². The number of hydrogen-bond acceptors (Lipinski definition) is 6. The second kappa shape index (κ2) is 10.6. The van der Waals surface area contributed by atoms with Gasteiger partial charge in [-0.1, -0.05) is 19.8 Å². The Morgan fingerprint density at radius 2 is 1.93 bits per heavy atom. The van der Waals surface area contributed by atoms with E-state index in [-0.39, 0.29) is 5.78 Å². The second-order valence-electron chi connectivity index (χ2n) is 7.10. The molecule has 2 aliphatic rings. The van der Waals surface area contributed by atoms with E-state index >= 15 is 0 Å². The number of nitriles is 1. The van der Waals surface area contributed by atoms with Crippen LogP contribution in [0.15, 0.2) is 0 Å². The molecule has 0 aromatic heterocycles.